The molecule has 0 fully saturated rings. The molecule has 194 valence electrons. The Balaban J connectivity index is 1.44. The number of aryl methyl sites for hydroxylation is 1. The van der Waals surface area contributed by atoms with Gasteiger partial charge in [0.15, 0.2) is 0 Å². The number of hydrogen-bond donors (Lipinski definition) is 0. The summed E-state index contributed by atoms with van der Waals surface area (Å²) in [5.74, 6) is -0.126. The van der Waals surface area contributed by atoms with E-state index in [1.165, 1.54) is 11.1 Å². The highest BCUT2D eigenvalue weighted by Crippen LogP contribution is 2.36. The molecule has 36 heavy (non-hydrogen) atoms. The molecule has 0 amide bonds. The van der Waals surface area contributed by atoms with Crippen LogP contribution >= 0.6 is 0 Å². The molecule has 8 heteroatoms. The van der Waals surface area contributed by atoms with Gasteiger partial charge < -0.3 is 28.4 Å². The number of ether oxygens (including phenoxy) is 6. The topological polar surface area (TPSA) is 89.5 Å². The van der Waals surface area contributed by atoms with Crippen molar-refractivity contribution in [2.75, 3.05) is 52.9 Å². The van der Waals surface area contributed by atoms with Crippen LogP contribution in [-0.2, 0) is 39.7 Å². The maximum Gasteiger partial charge on any atom is 0.330 e. The molecule has 0 heterocycles. The molecule has 0 saturated heterocycles. The van der Waals surface area contributed by atoms with E-state index in [0.717, 1.165) is 47.9 Å². The van der Waals surface area contributed by atoms with E-state index in [9.17, 15) is 9.59 Å². The summed E-state index contributed by atoms with van der Waals surface area (Å²) in [5, 5.41) is 2.26. The van der Waals surface area contributed by atoms with Crippen molar-refractivity contribution in [3.05, 3.63) is 66.8 Å². The summed E-state index contributed by atoms with van der Waals surface area (Å²) in [5.41, 5.74) is 2.53. The lowest BCUT2D eigenvalue weighted by Crippen LogP contribution is -2.16. The van der Waals surface area contributed by atoms with Crippen LogP contribution in [0.25, 0.3) is 10.8 Å². The Morgan fingerprint density at radius 2 is 1.47 bits per heavy atom. The van der Waals surface area contributed by atoms with Crippen molar-refractivity contribution in [3.8, 4) is 5.75 Å². The molecule has 0 radical (unpaired) electrons. The second-order valence-electron chi connectivity index (χ2n) is 8.13. The largest absolute Gasteiger partial charge is 0.491 e. The smallest absolute Gasteiger partial charge is 0.330 e. The lowest BCUT2D eigenvalue weighted by molar-refractivity contribution is -0.140. The quantitative estimate of drug-likeness (QED) is 0.194. The molecular formula is C28H34O8. The van der Waals surface area contributed by atoms with E-state index in [1.807, 2.05) is 12.1 Å². The molecule has 2 aromatic carbocycles. The first-order valence-corrected chi connectivity index (χ1v) is 12.2. The van der Waals surface area contributed by atoms with Crippen LogP contribution < -0.4 is 4.74 Å². The molecule has 0 N–H and O–H groups in total. The van der Waals surface area contributed by atoms with Crippen LogP contribution in [0.4, 0.5) is 0 Å². The third kappa shape index (κ3) is 8.78. The van der Waals surface area contributed by atoms with Crippen molar-refractivity contribution in [3.63, 3.8) is 0 Å². The number of fused-ring (bicyclic) bond motifs is 2. The summed E-state index contributed by atoms with van der Waals surface area (Å²) in [6.45, 7) is 9.45. The highest BCUT2D eigenvalue weighted by atomic mass is 16.6. The summed E-state index contributed by atoms with van der Waals surface area (Å²) in [4.78, 5) is 22.0. The predicted octanol–water partition coefficient (Wildman–Crippen LogP) is 4.10. The van der Waals surface area contributed by atoms with Gasteiger partial charge in [0.25, 0.3) is 0 Å². The second kappa shape index (κ2) is 15.0. The average Bonchev–Trinajstić information content (AvgIpc) is 2.90. The Kier molecular flexibility index (Phi) is 11.4. The van der Waals surface area contributed by atoms with Crippen LogP contribution in [0, 0.1) is 0 Å². The number of carbonyl (C=O) groups is 2. The maximum absolute atomic E-state index is 11.0. The van der Waals surface area contributed by atoms with E-state index < -0.39 is 11.9 Å². The van der Waals surface area contributed by atoms with Gasteiger partial charge in [-0.25, -0.2) is 9.59 Å². The Hall–Kier alpha value is -3.20. The summed E-state index contributed by atoms with van der Waals surface area (Å²) in [7, 11) is 0. The zero-order valence-electron chi connectivity index (χ0n) is 20.6. The van der Waals surface area contributed by atoms with Gasteiger partial charge in [0.2, 0.25) is 0 Å². The molecule has 0 saturated carbocycles. The molecule has 1 unspecified atom stereocenters. The van der Waals surface area contributed by atoms with Crippen molar-refractivity contribution in [2.24, 2.45) is 0 Å². The van der Waals surface area contributed by atoms with Gasteiger partial charge in [0.05, 0.1) is 39.1 Å². The van der Waals surface area contributed by atoms with Crippen LogP contribution in [0.5, 0.6) is 5.75 Å². The third-order valence-corrected chi connectivity index (χ3v) is 5.65. The fourth-order valence-corrected chi connectivity index (χ4v) is 3.95. The molecular weight excluding hydrogens is 464 g/mol. The summed E-state index contributed by atoms with van der Waals surface area (Å²) in [6, 6.07) is 10.5. The number of hydrogen-bond acceptors (Lipinski definition) is 8. The van der Waals surface area contributed by atoms with Gasteiger partial charge in [0.1, 0.15) is 25.6 Å². The standard InChI is InChI=1S/C28H34O8/c1-3-27(29)35-16-12-31-10-14-33-24-9-8-21-20-25-22(18-23(21)19-24)6-5-7-26(25)34-15-11-32-13-17-36-28(30)4-2/h3-4,8-9,18-20,26H,1-2,5-7,10-17H2. The molecule has 1 atom stereocenters. The van der Waals surface area contributed by atoms with Gasteiger partial charge in [-0.2, -0.15) is 0 Å². The first-order valence-electron chi connectivity index (χ1n) is 12.2. The summed E-state index contributed by atoms with van der Waals surface area (Å²) in [6.07, 6.45) is 5.36. The summed E-state index contributed by atoms with van der Waals surface area (Å²) < 4.78 is 32.6. The molecule has 0 bridgehead atoms. The SMILES string of the molecule is C=CC(=O)OCCOCCOc1ccc2cc3c(cc2c1)CCCC3OCCOCCOC(=O)C=C. The van der Waals surface area contributed by atoms with E-state index in [-0.39, 0.29) is 19.3 Å². The van der Waals surface area contributed by atoms with Crippen LogP contribution in [0.3, 0.4) is 0 Å². The highest BCUT2D eigenvalue weighted by Gasteiger charge is 2.21. The first-order chi connectivity index (χ1) is 17.6. The van der Waals surface area contributed by atoms with E-state index in [4.69, 9.17) is 28.4 Å². The normalized spacial score (nSPS) is 14.6. The van der Waals surface area contributed by atoms with Crippen LogP contribution in [0.15, 0.2) is 55.6 Å². The van der Waals surface area contributed by atoms with Crippen LogP contribution in [-0.4, -0.2) is 64.8 Å². The predicted molar refractivity (Wildman–Crippen MR) is 135 cm³/mol. The van der Waals surface area contributed by atoms with Crippen LogP contribution in [0.1, 0.15) is 30.1 Å². The number of benzene rings is 2. The number of carbonyl (C=O) groups excluding carboxylic acids is 2. The lowest BCUT2D eigenvalue weighted by Gasteiger charge is -2.26. The minimum absolute atomic E-state index is 0.0409. The fraction of sp³-hybridized carbons (Fsp3) is 0.429. The van der Waals surface area contributed by atoms with E-state index >= 15 is 0 Å². The minimum Gasteiger partial charge on any atom is -0.491 e. The van der Waals surface area contributed by atoms with Gasteiger partial charge in [0, 0.05) is 12.2 Å². The highest BCUT2D eigenvalue weighted by molar-refractivity contribution is 5.85. The molecule has 3 rings (SSSR count). The number of rotatable bonds is 16. The van der Waals surface area contributed by atoms with Crippen molar-refractivity contribution in [2.45, 2.75) is 25.4 Å². The fourth-order valence-electron chi connectivity index (χ4n) is 3.95. The van der Waals surface area contributed by atoms with Gasteiger partial charge in [-0.05, 0) is 59.4 Å². The van der Waals surface area contributed by atoms with Gasteiger partial charge in [-0.1, -0.05) is 25.3 Å². The van der Waals surface area contributed by atoms with Gasteiger partial charge in [-0.15, -0.1) is 0 Å². The monoisotopic (exact) mass is 498 g/mol. The van der Waals surface area contributed by atoms with E-state index in [2.05, 4.69) is 31.4 Å². The molecule has 1 aliphatic rings. The molecule has 1 aliphatic carbocycles. The van der Waals surface area contributed by atoms with Crippen molar-refractivity contribution >= 4 is 22.7 Å². The molecule has 8 nitrogen and oxygen atoms in total. The summed E-state index contributed by atoms with van der Waals surface area (Å²) >= 11 is 0. The third-order valence-electron chi connectivity index (χ3n) is 5.65. The second-order valence-corrected chi connectivity index (χ2v) is 8.13. The van der Waals surface area contributed by atoms with E-state index in [1.54, 1.807) is 0 Å². The molecule has 0 aromatic heterocycles. The van der Waals surface area contributed by atoms with Crippen molar-refractivity contribution in [1.82, 2.24) is 0 Å². The lowest BCUT2D eigenvalue weighted by atomic mass is 9.87. The minimum atomic E-state index is -0.458. The molecule has 2 aromatic rings. The Labute approximate surface area is 211 Å². The zero-order chi connectivity index (χ0) is 25.6. The van der Waals surface area contributed by atoms with E-state index in [0.29, 0.717) is 39.6 Å². The van der Waals surface area contributed by atoms with Gasteiger partial charge in [-0.3, -0.25) is 0 Å². The first kappa shape index (κ1) is 27.4. The van der Waals surface area contributed by atoms with Crippen LogP contribution in [0.2, 0.25) is 0 Å². The number of esters is 2. The molecule has 0 aliphatic heterocycles. The Bertz CT molecular complexity index is 1030. The van der Waals surface area contributed by atoms with Crippen molar-refractivity contribution in [1.29, 1.82) is 0 Å². The van der Waals surface area contributed by atoms with Gasteiger partial charge >= 0.3 is 11.9 Å². The van der Waals surface area contributed by atoms with Crippen molar-refractivity contribution < 1.29 is 38.0 Å². The zero-order valence-corrected chi connectivity index (χ0v) is 20.6. The molecule has 0 spiro atoms. The Morgan fingerprint density at radius 1 is 0.806 bits per heavy atom. The maximum atomic E-state index is 11.0. The Morgan fingerprint density at radius 3 is 2.17 bits per heavy atom. The average molecular weight is 499 g/mol.